The van der Waals surface area contributed by atoms with Crippen LogP contribution in [0.4, 0.5) is 0 Å². The van der Waals surface area contributed by atoms with Crippen molar-refractivity contribution in [2.45, 2.75) is 17.7 Å². The number of sulfonamides is 1. The van der Waals surface area contributed by atoms with Gasteiger partial charge in [-0.2, -0.15) is 0 Å². The van der Waals surface area contributed by atoms with Gasteiger partial charge in [0.2, 0.25) is 10.0 Å². The van der Waals surface area contributed by atoms with Crippen LogP contribution in [0.25, 0.3) is 0 Å². The van der Waals surface area contributed by atoms with Gasteiger partial charge in [0.25, 0.3) is 0 Å². The van der Waals surface area contributed by atoms with Crippen LogP contribution in [0, 0.1) is 5.92 Å². The Balaban J connectivity index is 0.00000288. The van der Waals surface area contributed by atoms with Crippen molar-refractivity contribution in [2.75, 3.05) is 33.9 Å². The Hall–Kier alpha value is -1.35. The molecule has 0 saturated carbocycles. The molecule has 0 radical (unpaired) electrons. The van der Waals surface area contributed by atoms with E-state index in [1.807, 2.05) is 0 Å². The van der Waals surface area contributed by atoms with Crippen LogP contribution in [-0.2, 0) is 14.8 Å². The maximum Gasteiger partial charge on any atom is 0.341 e. The molecule has 136 valence electrons. The largest absolute Gasteiger partial charge is 0.496 e. The molecule has 1 aromatic carbocycles. The lowest BCUT2D eigenvalue weighted by Gasteiger charge is -2.12. The van der Waals surface area contributed by atoms with Crippen LogP contribution < -0.4 is 14.8 Å². The van der Waals surface area contributed by atoms with Gasteiger partial charge in [-0.3, -0.25) is 0 Å². The molecule has 0 aliphatic carbocycles. The summed E-state index contributed by atoms with van der Waals surface area (Å²) >= 11 is 0. The molecule has 1 saturated heterocycles. The second-order valence-electron chi connectivity index (χ2n) is 5.40. The number of hydrogen-bond acceptors (Lipinski definition) is 6. The van der Waals surface area contributed by atoms with Crippen LogP contribution in [0.15, 0.2) is 23.1 Å². The minimum absolute atomic E-state index is 0. The van der Waals surface area contributed by atoms with Crippen LogP contribution in [0.5, 0.6) is 5.75 Å². The number of methoxy groups -OCH3 is 2. The van der Waals surface area contributed by atoms with Gasteiger partial charge in [0.15, 0.2) is 0 Å². The summed E-state index contributed by atoms with van der Waals surface area (Å²) in [4.78, 5) is 11.7. The normalized spacial score (nSPS) is 17.2. The summed E-state index contributed by atoms with van der Waals surface area (Å²) in [5.74, 6) is 0.0983. The highest BCUT2D eigenvalue weighted by atomic mass is 35.5. The van der Waals surface area contributed by atoms with E-state index < -0.39 is 16.0 Å². The predicted octanol–water partition coefficient (Wildman–Crippen LogP) is 1.18. The van der Waals surface area contributed by atoms with Gasteiger partial charge in [0.1, 0.15) is 11.3 Å². The number of carbonyl (C=O) groups is 1. The Morgan fingerprint density at radius 3 is 2.71 bits per heavy atom. The third kappa shape index (κ3) is 5.07. The molecule has 0 amide bonds. The zero-order valence-corrected chi connectivity index (χ0v) is 15.3. The average Bonchev–Trinajstić information content (AvgIpc) is 3.06. The molecular formula is C15H23ClN2O5S. The van der Waals surface area contributed by atoms with E-state index in [1.165, 1.54) is 32.4 Å². The topological polar surface area (TPSA) is 93.7 Å². The van der Waals surface area contributed by atoms with Gasteiger partial charge < -0.3 is 14.8 Å². The number of carbonyl (C=O) groups excluding carboxylic acids is 1. The molecule has 1 atom stereocenters. The summed E-state index contributed by atoms with van der Waals surface area (Å²) in [6.07, 6.45) is 1.87. The molecule has 2 N–H and O–H groups in total. The summed E-state index contributed by atoms with van der Waals surface area (Å²) in [5.41, 5.74) is 0.186. The fourth-order valence-electron chi connectivity index (χ4n) is 2.56. The second kappa shape index (κ2) is 9.22. The third-order valence-electron chi connectivity index (χ3n) is 3.90. The first-order chi connectivity index (χ1) is 11.0. The molecule has 1 aliphatic rings. The average molecular weight is 379 g/mol. The molecule has 0 bridgehead atoms. The predicted molar refractivity (Wildman–Crippen MR) is 92.4 cm³/mol. The van der Waals surface area contributed by atoms with Gasteiger partial charge in [0.05, 0.1) is 19.1 Å². The maximum atomic E-state index is 12.3. The van der Waals surface area contributed by atoms with Crippen LogP contribution >= 0.6 is 12.4 Å². The molecule has 1 heterocycles. The van der Waals surface area contributed by atoms with Crippen molar-refractivity contribution in [1.29, 1.82) is 0 Å². The Kier molecular flexibility index (Phi) is 7.95. The number of rotatable bonds is 7. The number of ether oxygens (including phenoxy) is 2. The molecular weight excluding hydrogens is 356 g/mol. The first-order valence-electron chi connectivity index (χ1n) is 7.44. The molecule has 1 fully saturated rings. The van der Waals surface area contributed by atoms with Crippen molar-refractivity contribution < 1.29 is 22.7 Å². The first-order valence-corrected chi connectivity index (χ1v) is 8.93. The molecule has 1 aromatic rings. The van der Waals surface area contributed by atoms with Crippen molar-refractivity contribution in [3.05, 3.63) is 23.8 Å². The lowest BCUT2D eigenvalue weighted by molar-refractivity contribution is 0.0597. The number of halogens is 1. The minimum Gasteiger partial charge on any atom is -0.496 e. The highest BCUT2D eigenvalue weighted by Crippen LogP contribution is 2.23. The molecule has 9 heteroatoms. The lowest BCUT2D eigenvalue weighted by Crippen LogP contribution is -2.26. The SMILES string of the molecule is COC(=O)c1ccc(S(=O)(=O)NCCC2CCNC2)cc1OC.Cl. The van der Waals surface area contributed by atoms with E-state index in [4.69, 9.17) is 4.74 Å². The van der Waals surface area contributed by atoms with Crippen molar-refractivity contribution in [1.82, 2.24) is 10.0 Å². The van der Waals surface area contributed by atoms with Crippen LogP contribution in [0.1, 0.15) is 23.2 Å². The van der Waals surface area contributed by atoms with Gasteiger partial charge in [-0.15, -0.1) is 12.4 Å². The number of esters is 1. The van der Waals surface area contributed by atoms with Crippen molar-refractivity contribution >= 4 is 28.4 Å². The van der Waals surface area contributed by atoms with Gasteiger partial charge in [-0.1, -0.05) is 0 Å². The van der Waals surface area contributed by atoms with Gasteiger partial charge in [0, 0.05) is 12.6 Å². The third-order valence-corrected chi connectivity index (χ3v) is 5.35. The molecule has 24 heavy (non-hydrogen) atoms. The monoisotopic (exact) mass is 378 g/mol. The number of nitrogens with one attached hydrogen (secondary N) is 2. The fourth-order valence-corrected chi connectivity index (χ4v) is 3.62. The summed E-state index contributed by atoms with van der Waals surface area (Å²) in [6.45, 7) is 2.31. The quantitative estimate of drug-likeness (QED) is 0.692. The van der Waals surface area contributed by atoms with Crippen molar-refractivity contribution in [3.63, 3.8) is 0 Å². The molecule has 7 nitrogen and oxygen atoms in total. The van der Waals surface area contributed by atoms with Gasteiger partial charge >= 0.3 is 5.97 Å². The van der Waals surface area contributed by atoms with E-state index in [0.29, 0.717) is 12.5 Å². The molecule has 0 aromatic heterocycles. The smallest absolute Gasteiger partial charge is 0.341 e. The maximum absolute atomic E-state index is 12.3. The van der Waals surface area contributed by atoms with E-state index in [9.17, 15) is 13.2 Å². The molecule has 2 rings (SSSR count). The number of hydrogen-bond donors (Lipinski definition) is 2. The Morgan fingerprint density at radius 1 is 1.38 bits per heavy atom. The van der Waals surface area contributed by atoms with E-state index in [2.05, 4.69) is 14.8 Å². The zero-order valence-electron chi connectivity index (χ0n) is 13.7. The highest BCUT2D eigenvalue weighted by molar-refractivity contribution is 7.89. The highest BCUT2D eigenvalue weighted by Gasteiger charge is 2.20. The number of benzene rings is 1. The van der Waals surface area contributed by atoms with Crippen LogP contribution in [0.2, 0.25) is 0 Å². The summed E-state index contributed by atoms with van der Waals surface area (Å²) in [6, 6.07) is 4.08. The molecule has 1 aliphatic heterocycles. The summed E-state index contributed by atoms with van der Waals surface area (Å²) < 4.78 is 37.0. The fraction of sp³-hybridized carbons (Fsp3) is 0.533. The minimum atomic E-state index is -3.64. The van der Waals surface area contributed by atoms with E-state index in [-0.39, 0.29) is 28.6 Å². The molecule has 1 unspecified atom stereocenters. The van der Waals surface area contributed by atoms with Crippen molar-refractivity contribution in [2.24, 2.45) is 5.92 Å². The van der Waals surface area contributed by atoms with Gasteiger partial charge in [-0.25, -0.2) is 17.9 Å². The van der Waals surface area contributed by atoms with Crippen LogP contribution in [-0.4, -0.2) is 48.2 Å². The standard InChI is InChI=1S/C15H22N2O5S.ClH/c1-21-14-9-12(3-4-13(14)15(18)22-2)23(19,20)17-8-6-11-5-7-16-10-11;/h3-4,9,11,16-17H,5-8,10H2,1-2H3;1H. The Labute approximate surface area is 148 Å². The Morgan fingerprint density at radius 2 is 2.12 bits per heavy atom. The second-order valence-corrected chi connectivity index (χ2v) is 7.17. The lowest BCUT2D eigenvalue weighted by atomic mass is 10.1. The zero-order chi connectivity index (χ0) is 16.9. The Bertz CT molecular complexity index is 660. The first kappa shape index (κ1) is 20.7. The van der Waals surface area contributed by atoms with E-state index in [1.54, 1.807) is 0 Å². The van der Waals surface area contributed by atoms with E-state index >= 15 is 0 Å². The van der Waals surface area contributed by atoms with Gasteiger partial charge in [-0.05, 0) is 44.0 Å². The van der Waals surface area contributed by atoms with Crippen molar-refractivity contribution in [3.8, 4) is 5.75 Å². The molecule has 0 spiro atoms. The summed E-state index contributed by atoms with van der Waals surface area (Å²) in [5, 5.41) is 3.25. The van der Waals surface area contributed by atoms with Crippen LogP contribution in [0.3, 0.4) is 0 Å². The summed E-state index contributed by atoms with van der Waals surface area (Å²) in [7, 11) is -1.01. The van der Waals surface area contributed by atoms with E-state index in [0.717, 1.165) is 25.9 Å².